The number of aromatic nitrogens is 2. The molecule has 31 heavy (non-hydrogen) atoms. The van der Waals surface area contributed by atoms with E-state index in [0.717, 1.165) is 34.3 Å². The molecule has 1 heterocycles. The Morgan fingerprint density at radius 3 is 2.74 bits per heavy atom. The third kappa shape index (κ3) is 7.00. The molecule has 1 unspecified atom stereocenters. The van der Waals surface area contributed by atoms with Crippen LogP contribution in [0.2, 0.25) is 0 Å². The third-order valence-electron chi connectivity index (χ3n) is 5.64. The van der Waals surface area contributed by atoms with Gasteiger partial charge in [0.25, 0.3) is 0 Å². The van der Waals surface area contributed by atoms with Gasteiger partial charge in [-0.3, -0.25) is 4.79 Å². The van der Waals surface area contributed by atoms with E-state index in [0.29, 0.717) is 11.7 Å². The molecule has 0 bridgehead atoms. The van der Waals surface area contributed by atoms with E-state index in [1.54, 1.807) is 4.90 Å². The zero-order valence-corrected chi connectivity index (χ0v) is 20.5. The van der Waals surface area contributed by atoms with Gasteiger partial charge in [-0.1, -0.05) is 65.6 Å². The van der Waals surface area contributed by atoms with E-state index in [9.17, 15) is 9.59 Å². The molecule has 1 aliphatic rings. The Kier molecular flexibility index (Phi) is 8.83. The molecule has 3 rings (SSSR count). The first-order valence-electron chi connectivity index (χ1n) is 10.9. The summed E-state index contributed by atoms with van der Waals surface area (Å²) in [5.41, 5.74) is 0.940. The van der Waals surface area contributed by atoms with Crippen molar-refractivity contribution in [2.24, 2.45) is 0 Å². The molecule has 1 aromatic heterocycles. The summed E-state index contributed by atoms with van der Waals surface area (Å²) in [4.78, 5) is 27.1. The minimum absolute atomic E-state index is 0.0677. The number of benzene rings is 1. The SMILES string of the molecule is CCC(C)N(CCC(=O)Nc1nnc(-c2cccc(Br)c2)s1)C(=O)NC1CCCCC1. The lowest BCUT2D eigenvalue weighted by molar-refractivity contribution is -0.116. The summed E-state index contributed by atoms with van der Waals surface area (Å²) in [5.74, 6) is -0.171. The predicted molar refractivity (Wildman–Crippen MR) is 128 cm³/mol. The lowest BCUT2D eigenvalue weighted by atomic mass is 9.96. The highest BCUT2D eigenvalue weighted by Gasteiger charge is 2.23. The van der Waals surface area contributed by atoms with Crippen LogP contribution in [0.25, 0.3) is 10.6 Å². The van der Waals surface area contributed by atoms with E-state index in [2.05, 4.69) is 43.7 Å². The number of rotatable bonds is 8. The lowest BCUT2D eigenvalue weighted by Gasteiger charge is -2.32. The van der Waals surface area contributed by atoms with Gasteiger partial charge in [0.05, 0.1) is 0 Å². The van der Waals surface area contributed by atoms with Crippen molar-refractivity contribution in [3.05, 3.63) is 28.7 Å². The monoisotopic (exact) mass is 507 g/mol. The van der Waals surface area contributed by atoms with Gasteiger partial charge >= 0.3 is 6.03 Å². The number of anilines is 1. The second-order valence-corrected chi connectivity index (χ2v) is 9.85. The minimum Gasteiger partial charge on any atom is -0.335 e. The molecule has 1 aliphatic carbocycles. The fourth-order valence-corrected chi connectivity index (χ4v) is 4.82. The van der Waals surface area contributed by atoms with Crippen molar-refractivity contribution in [3.63, 3.8) is 0 Å². The maximum atomic E-state index is 12.8. The summed E-state index contributed by atoms with van der Waals surface area (Å²) < 4.78 is 0.961. The topological polar surface area (TPSA) is 87.2 Å². The second kappa shape index (κ2) is 11.6. The van der Waals surface area contributed by atoms with Crippen LogP contribution in [-0.4, -0.2) is 45.7 Å². The molecule has 0 spiro atoms. The van der Waals surface area contributed by atoms with E-state index < -0.39 is 0 Å². The largest absolute Gasteiger partial charge is 0.335 e. The van der Waals surface area contributed by atoms with Gasteiger partial charge in [0.15, 0.2) is 0 Å². The third-order valence-corrected chi connectivity index (χ3v) is 7.02. The molecule has 0 aliphatic heterocycles. The molecule has 0 radical (unpaired) electrons. The molecule has 2 aromatic rings. The molecule has 9 heteroatoms. The van der Waals surface area contributed by atoms with Crippen LogP contribution in [0.5, 0.6) is 0 Å². The average molecular weight is 508 g/mol. The zero-order chi connectivity index (χ0) is 22.2. The van der Waals surface area contributed by atoms with Crippen molar-refractivity contribution in [2.75, 3.05) is 11.9 Å². The lowest BCUT2D eigenvalue weighted by Crippen LogP contribution is -2.49. The number of amides is 3. The molecule has 1 fully saturated rings. The fourth-order valence-electron chi connectivity index (χ4n) is 3.66. The molecule has 168 valence electrons. The van der Waals surface area contributed by atoms with Gasteiger partial charge in [-0.25, -0.2) is 4.79 Å². The normalized spacial score (nSPS) is 15.3. The van der Waals surface area contributed by atoms with Crippen molar-refractivity contribution in [3.8, 4) is 10.6 Å². The molecule has 0 saturated heterocycles. The fraction of sp³-hybridized carbons (Fsp3) is 0.545. The Morgan fingerprint density at radius 1 is 1.26 bits per heavy atom. The number of nitrogens with zero attached hydrogens (tertiary/aromatic N) is 3. The van der Waals surface area contributed by atoms with Crippen molar-refractivity contribution in [1.29, 1.82) is 0 Å². The van der Waals surface area contributed by atoms with E-state index >= 15 is 0 Å². The Hall–Kier alpha value is -2.00. The van der Waals surface area contributed by atoms with Crippen LogP contribution in [0.1, 0.15) is 58.8 Å². The molecule has 1 aromatic carbocycles. The van der Waals surface area contributed by atoms with E-state index in [4.69, 9.17) is 0 Å². The van der Waals surface area contributed by atoms with Crippen LogP contribution in [-0.2, 0) is 4.79 Å². The first-order valence-corrected chi connectivity index (χ1v) is 12.5. The van der Waals surface area contributed by atoms with Gasteiger partial charge in [-0.15, -0.1) is 10.2 Å². The highest BCUT2D eigenvalue weighted by Crippen LogP contribution is 2.28. The van der Waals surface area contributed by atoms with Gasteiger partial charge in [0, 0.05) is 35.1 Å². The second-order valence-electron chi connectivity index (χ2n) is 7.96. The van der Waals surface area contributed by atoms with E-state index in [1.807, 2.05) is 31.2 Å². The Morgan fingerprint density at radius 2 is 2.03 bits per heavy atom. The van der Waals surface area contributed by atoms with Crippen LogP contribution < -0.4 is 10.6 Å². The summed E-state index contributed by atoms with van der Waals surface area (Å²) in [5, 5.41) is 15.4. The average Bonchev–Trinajstić information content (AvgIpc) is 3.22. The Balaban J connectivity index is 1.54. The van der Waals surface area contributed by atoms with Crippen LogP contribution in [0.3, 0.4) is 0 Å². The van der Waals surface area contributed by atoms with Crippen molar-refractivity contribution in [2.45, 2.75) is 70.9 Å². The molecular formula is C22H30BrN5O2S. The van der Waals surface area contributed by atoms with Gasteiger partial charge < -0.3 is 15.5 Å². The van der Waals surface area contributed by atoms with Gasteiger partial charge in [0.1, 0.15) is 5.01 Å². The highest BCUT2D eigenvalue weighted by atomic mass is 79.9. The molecule has 3 amide bonds. The minimum atomic E-state index is -0.171. The molecule has 1 saturated carbocycles. The highest BCUT2D eigenvalue weighted by molar-refractivity contribution is 9.10. The van der Waals surface area contributed by atoms with Gasteiger partial charge in [-0.05, 0) is 38.3 Å². The van der Waals surface area contributed by atoms with E-state index in [-0.39, 0.29) is 30.4 Å². The van der Waals surface area contributed by atoms with Crippen molar-refractivity contribution < 1.29 is 9.59 Å². The molecular weight excluding hydrogens is 478 g/mol. The Bertz CT molecular complexity index is 884. The maximum Gasteiger partial charge on any atom is 0.317 e. The summed E-state index contributed by atoms with van der Waals surface area (Å²) in [7, 11) is 0. The first-order chi connectivity index (χ1) is 15.0. The quantitative estimate of drug-likeness (QED) is 0.497. The number of carbonyl (C=O) groups is 2. The van der Waals surface area contributed by atoms with Crippen LogP contribution >= 0.6 is 27.3 Å². The van der Waals surface area contributed by atoms with Crippen LogP contribution in [0.15, 0.2) is 28.7 Å². The van der Waals surface area contributed by atoms with E-state index in [1.165, 1.54) is 30.6 Å². The number of halogens is 1. The number of urea groups is 1. The van der Waals surface area contributed by atoms with Crippen LogP contribution in [0, 0.1) is 0 Å². The predicted octanol–water partition coefficient (Wildman–Crippen LogP) is 5.44. The molecule has 2 N–H and O–H groups in total. The number of nitrogens with one attached hydrogen (secondary N) is 2. The number of carbonyl (C=O) groups excluding carboxylic acids is 2. The Labute approximate surface area is 196 Å². The number of hydrogen-bond donors (Lipinski definition) is 2. The maximum absolute atomic E-state index is 12.8. The zero-order valence-electron chi connectivity index (χ0n) is 18.1. The summed E-state index contributed by atoms with van der Waals surface area (Å²) >= 11 is 4.78. The standard InChI is InChI=1S/C22H30BrN5O2S/c1-3-15(2)28(22(30)24-18-10-5-4-6-11-18)13-12-19(29)25-21-27-26-20(31-21)16-8-7-9-17(23)14-16/h7-9,14-15,18H,3-6,10-13H2,1-2H3,(H,24,30)(H,25,27,29). The van der Waals surface area contributed by atoms with Crippen molar-refractivity contribution in [1.82, 2.24) is 20.4 Å². The first kappa shape index (κ1) is 23.7. The van der Waals surface area contributed by atoms with Gasteiger partial charge in [-0.2, -0.15) is 0 Å². The van der Waals surface area contributed by atoms with Gasteiger partial charge in [0.2, 0.25) is 11.0 Å². The molecule has 1 atom stereocenters. The summed E-state index contributed by atoms with van der Waals surface area (Å²) in [6.07, 6.45) is 6.72. The van der Waals surface area contributed by atoms with Crippen molar-refractivity contribution >= 4 is 44.3 Å². The van der Waals surface area contributed by atoms with Crippen LogP contribution in [0.4, 0.5) is 9.93 Å². The smallest absolute Gasteiger partial charge is 0.317 e. The summed E-state index contributed by atoms with van der Waals surface area (Å²) in [6.45, 7) is 4.44. The number of hydrogen-bond acceptors (Lipinski definition) is 5. The molecule has 7 nitrogen and oxygen atoms in total. The summed E-state index contributed by atoms with van der Waals surface area (Å²) in [6, 6.07) is 8.04.